The highest BCUT2D eigenvalue weighted by Crippen LogP contribution is 2.44. The molecule has 1 aliphatic rings. The highest BCUT2D eigenvalue weighted by atomic mass is 15.1. The third kappa shape index (κ3) is 7.45. The summed E-state index contributed by atoms with van der Waals surface area (Å²) in [5.74, 6) is 0. The van der Waals surface area contributed by atoms with Crippen LogP contribution in [0.3, 0.4) is 0 Å². The van der Waals surface area contributed by atoms with Crippen LogP contribution in [0.15, 0.2) is 254 Å². The lowest BCUT2D eigenvalue weighted by molar-refractivity contribution is 0.931. The van der Waals surface area contributed by atoms with Crippen LogP contribution in [0.25, 0.3) is 82.8 Å². The van der Waals surface area contributed by atoms with E-state index in [4.69, 9.17) is 0 Å². The second-order valence-electron chi connectivity index (χ2n) is 16.4. The Morgan fingerprint density at radius 2 is 0.730 bits per heavy atom. The molecule has 0 amide bonds. The van der Waals surface area contributed by atoms with E-state index in [0.29, 0.717) is 0 Å². The lowest BCUT2D eigenvalue weighted by Gasteiger charge is -2.31. The molecule has 1 aliphatic carbocycles. The quantitative estimate of drug-likeness (QED) is 0.140. The van der Waals surface area contributed by atoms with Gasteiger partial charge in [0.05, 0.1) is 0 Å². The molecule has 0 heterocycles. The summed E-state index contributed by atoms with van der Waals surface area (Å²) >= 11 is 0. The Labute approximate surface area is 370 Å². The number of rotatable bonds is 9. The van der Waals surface area contributed by atoms with E-state index >= 15 is 0 Å². The first-order valence-corrected chi connectivity index (χ1v) is 22.0. The Bertz CT molecular complexity index is 3290. The van der Waals surface area contributed by atoms with E-state index in [0.717, 1.165) is 24.2 Å². The van der Waals surface area contributed by atoms with Crippen molar-refractivity contribution in [2.45, 2.75) is 12.8 Å². The van der Waals surface area contributed by atoms with Gasteiger partial charge in [0.25, 0.3) is 0 Å². The van der Waals surface area contributed by atoms with Gasteiger partial charge in [-0.1, -0.05) is 218 Å². The van der Waals surface area contributed by atoms with Gasteiger partial charge >= 0.3 is 0 Å². The molecule has 0 N–H and O–H groups in total. The van der Waals surface area contributed by atoms with Crippen molar-refractivity contribution in [3.8, 4) is 55.6 Å². The molecule has 11 rings (SSSR count). The van der Waals surface area contributed by atoms with Crippen molar-refractivity contribution in [2.75, 3.05) is 4.90 Å². The van der Waals surface area contributed by atoms with Gasteiger partial charge in [-0.25, -0.2) is 0 Å². The minimum Gasteiger partial charge on any atom is -0.314 e. The Morgan fingerprint density at radius 3 is 1.41 bits per heavy atom. The second kappa shape index (κ2) is 16.8. The fraction of sp³-hybridized carbons (Fsp3) is 0.0323. The number of fused-ring (bicyclic) bond motifs is 2. The molecule has 10 aromatic rings. The van der Waals surface area contributed by atoms with Crippen molar-refractivity contribution in [3.05, 3.63) is 260 Å². The van der Waals surface area contributed by atoms with Gasteiger partial charge in [0.2, 0.25) is 0 Å². The average molecular weight is 804 g/mol. The summed E-state index contributed by atoms with van der Waals surface area (Å²) in [4.78, 5) is 2.48. The zero-order valence-corrected chi connectivity index (χ0v) is 35.0. The molecule has 0 unspecified atom stereocenters. The minimum absolute atomic E-state index is 0.903. The molecule has 10 aromatic carbocycles. The molecule has 1 nitrogen and oxygen atoms in total. The number of hydrogen-bond acceptors (Lipinski definition) is 1. The lowest BCUT2D eigenvalue weighted by atomic mass is 9.88. The second-order valence-corrected chi connectivity index (χ2v) is 16.4. The average Bonchev–Trinajstić information content (AvgIpc) is 3.37. The molecule has 0 saturated carbocycles. The highest BCUT2D eigenvalue weighted by Gasteiger charge is 2.22. The molecule has 0 fully saturated rings. The summed E-state index contributed by atoms with van der Waals surface area (Å²) < 4.78 is 0. The molecular weight excluding hydrogens is 759 g/mol. The van der Waals surface area contributed by atoms with Crippen LogP contribution in [0.2, 0.25) is 0 Å². The van der Waals surface area contributed by atoms with E-state index in [1.807, 2.05) is 0 Å². The van der Waals surface area contributed by atoms with Crippen molar-refractivity contribution < 1.29 is 0 Å². The smallest absolute Gasteiger partial charge is 0.0465 e. The molecule has 0 bridgehead atoms. The van der Waals surface area contributed by atoms with Gasteiger partial charge in [-0.15, -0.1) is 0 Å². The monoisotopic (exact) mass is 803 g/mol. The molecule has 63 heavy (non-hydrogen) atoms. The lowest BCUT2D eigenvalue weighted by Crippen LogP contribution is -2.18. The number of anilines is 2. The van der Waals surface area contributed by atoms with Crippen molar-refractivity contribution in [2.24, 2.45) is 0 Å². The Kier molecular flexibility index (Phi) is 10.1. The number of hydrogen-bond donors (Lipinski definition) is 0. The molecular formula is C62H45N. The van der Waals surface area contributed by atoms with Crippen molar-refractivity contribution in [1.82, 2.24) is 0 Å². The number of allylic oxidation sites excluding steroid dienone is 4. The van der Waals surface area contributed by atoms with Crippen LogP contribution in [-0.2, 0) is 0 Å². The van der Waals surface area contributed by atoms with E-state index < -0.39 is 0 Å². The summed E-state index contributed by atoms with van der Waals surface area (Å²) in [7, 11) is 0. The third-order valence-corrected chi connectivity index (χ3v) is 12.6. The first-order valence-electron chi connectivity index (χ1n) is 22.0. The zero-order valence-electron chi connectivity index (χ0n) is 35.0. The normalized spacial score (nSPS) is 12.5. The predicted octanol–water partition coefficient (Wildman–Crippen LogP) is 17.2. The maximum absolute atomic E-state index is 2.48. The minimum atomic E-state index is 0.903. The predicted molar refractivity (Wildman–Crippen MR) is 269 cm³/mol. The molecule has 298 valence electrons. The summed E-state index contributed by atoms with van der Waals surface area (Å²) in [6.45, 7) is 0. The Balaban J connectivity index is 1.07. The molecule has 0 radical (unpaired) electrons. The van der Waals surface area contributed by atoms with Gasteiger partial charge in [-0.05, 0) is 131 Å². The number of benzene rings is 10. The topological polar surface area (TPSA) is 3.24 Å². The standard InChI is InChI=1S/C62H45N/c1-3-15-44(16-4-1)45-29-31-51(32-30-45)62-43-54(41-42-61(62)60-26-12-11-25-59(60)46-17-5-2-6-18-46)63(52-37-33-49(34-38-52)57-27-13-21-47-19-7-9-23-55(47)57)53-39-35-50(36-40-53)58-28-14-22-48-20-8-10-24-56(48)58/h1-35,37-39,41-43H,36,40H2. The zero-order chi connectivity index (χ0) is 42.0. The van der Waals surface area contributed by atoms with Crippen LogP contribution in [0.1, 0.15) is 18.4 Å². The molecule has 0 spiro atoms. The van der Waals surface area contributed by atoms with E-state index in [1.54, 1.807) is 0 Å². The van der Waals surface area contributed by atoms with Gasteiger partial charge in [-0.2, -0.15) is 0 Å². The summed E-state index contributed by atoms with van der Waals surface area (Å²) in [5, 5.41) is 5.09. The van der Waals surface area contributed by atoms with Crippen molar-refractivity contribution in [3.63, 3.8) is 0 Å². The van der Waals surface area contributed by atoms with Crippen LogP contribution in [-0.4, -0.2) is 0 Å². The first kappa shape index (κ1) is 38.0. The van der Waals surface area contributed by atoms with Crippen LogP contribution in [0.5, 0.6) is 0 Å². The molecule has 0 aliphatic heterocycles. The van der Waals surface area contributed by atoms with Crippen LogP contribution < -0.4 is 4.90 Å². The molecule has 0 saturated heterocycles. The maximum Gasteiger partial charge on any atom is 0.0465 e. The van der Waals surface area contributed by atoms with Gasteiger partial charge in [-0.3, -0.25) is 0 Å². The largest absolute Gasteiger partial charge is 0.314 e. The van der Waals surface area contributed by atoms with Crippen LogP contribution >= 0.6 is 0 Å². The maximum atomic E-state index is 2.48. The Hall–Kier alpha value is -8.00. The van der Waals surface area contributed by atoms with Gasteiger partial charge in [0.1, 0.15) is 0 Å². The highest BCUT2D eigenvalue weighted by molar-refractivity contribution is 5.98. The number of nitrogens with zero attached hydrogens (tertiary/aromatic N) is 1. The summed E-state index contributed by atoms with van der Waals surface area (Å²) in [5.41, 5.74) is 18.3. The molecule has 1 heteroatoms. The fourth-order valence-electron chi connectivity index (χ4n) is 9.50. The van der Waals surface area contributed by atoms with E-state index in [2.05, 4.69) is 254 Å². The Morgan fingerprint density at radius 1 is 0.270 bits per heavy atom. The van der Waals surface area contributed by atoms with Crippen LogP contribution in [0, 0.1) is 0 Å². The first-order chi connectivity index (χ1) is 31.2. The van der Waals surface area contributed by atoms with Crippen LogP contribution in [0.4, 0.5) is 11.4 Å². The van der Waals surface area contributed by atoms with E-state index in [1.165, 1.54) is 94.0 Å². The SMILES string of the molecule is C1=C(c2cccc3ccccc23)CCC(N(c2ccc(-c3cccc4ccccc34)cc2)c2ccc(-c3ccccc3-c3ccccc3)c(-c3ccc(-c4ccccc4)cc3)c2)=C1. The van der Waals surface area contributed by atoms with Gasteiger partial charge in [0, 0.05) is 17.1 Å². The van der Waals surface area contributed by atoms with Gasteiger partial charge in [0.15, 0.2) is 0 Å². The fourth-order valence-corrected chi connectivity index (χ4v) is 9.50. The van der Waals surface area contributed by atoms with Crippen molar-refractivity contribution in [1.29, 1.82) is 0 Å². The van der Waals surface area contributed by atoms with Crippen molar-refractivity contribution >= 4 is 38.5 Å². The summed E-state index contributed by atoms with van der Waals surface area (Å²) in [6.07, 6.45) is 6.55. The molecule has 0 aromatic heterocycles. The third-order valence-electron chi connectivity index (χ3n) is 12.6. The van der Waals surface area contributed by atoms with E-state index in [-0.39, 0.29) is 0 Å². The van der Waals surface area contributed by atoms with Gasteiger partial charge < -0.3 is 4.90 Å². The van der Waals surface area contributed by atoms with E-state index in [9.17, 15) is 0 Å². The molecule has 0 atom stereocenters. The summed E-state index contributed by atoms with van der Waals surface area (Å²) in [6, 6.07) is 86.3.